The number of carbonyl (C=O) groups is 1. The van der Waals surface area contributed by atoms with E-state index in [2.05, 4.69) is 9.88 Å². The Kier molecular flexibility index (Phi) is 3.81. The van der Waals surface area contributed by atoms with Crippen LogP contribution in [0.3, 0.4) is 0 Å². The zero-order chi connectivity index (χ0) is 13.1. The molecule has 2 heterocycles. The molecule has 0 unspecified atom stereocenters. The first-order valence-corrected chi connectivity index (χ1v) is 6.09. The third kappa shape index (κ3) is 2.61. The summed E-state index contributed by atoms with van der Waals surface area (Å²) in [4.78, 5) is 17.4. The number of hydrogen-bond donors (Lipinski definition) is 1. The van der Waals surface area contributed by atoms with E-state index >= 15 is 0 Å². The lowest BCUT2D eigenvalue weighted by atomic mass is 10.1. The molecule has 0 spiro atoms. The average Bonchev–Trinajstić information content (AvgIpc) is 2.38. The number of aryl methyl sites for hydroxylation is 1. The Hall–Kier alpha value is -1.62. The summed E-state index contributed by atoms with van der Waals surface area (Å²) in [7, 11) is 1.72. The Morgan fingerprint density at radius 3 is 2.72 bits per heavy atom. The molecule has 18 heavy (non-hydrogen) atoms. The molecule has 0 aromatic carbocycles. The highest BCUT2D eigenvalue weighted by Gasteiger charge is 2.22. The molecule has 5 heteroatoms. The Morgan fingerprint density at radius 1 is 1.50 bits per heavy atom. The van der Waals surface area contributed by atoms with Crippen LogP contribution in [-0.2, 0) is 4.74 Å². The number of ether oxygens (including phenoxy) is 1. The highest BCUT2D eigenvalue weighted by molar-refractivity contribution is 5.94. The van der Waals surface area contributed by atoms with Gasteiger partial charge in [0.1, 0.15) is 5.56 Å². The molecule has 0 bridgehead atoms. The van der Waals surface area contributed by atoms with Crippen LogP contribution in [0.4, 0.5) is 5.69 Å². The molecule has 0 amide bonds. The molecule has 0 aliphatic carbocycles. The summed E-state index contributed by atoms with van der Waals surface area (Å²) >= 11 is 0. The van der Waals surface area contributed by atoms with Crippen molar-refractivity contribution in [2.75, 3.05) is 25.1 Å². The van der Waals surface area contributed by atoms with Crippen molar-refractivity contribution in [1.82, 2.24) is 4.98 Å². The van der Waals surface area contributed by atoms with Gasteiger partial charge in [0.05, 0.1) is 11.8 Å². The average molecular weight is 250 g/mol. The van der Waals surface area contributed by atoms with Crippen LogP contribution in [0.15, 0.2) is 12.3 Å². The first kappa shape index (κ1) is 12.8. The molecular formula is C13H18N2O3. The lowest BCUT2D eigenvalue weighted by Gasteiger charge is -2.33. The van der Waals surface area contributed by atoms with Gasteiger partial charge < -0.3 is 14.7 Å². The van der Waals surface area contributed by atoms with Gasteiger partial charge in [-0.1, -0.05) is 0 Å². The molecule has 1 saturated heterocycles. The van der Waals surface area contributed by atoms with Gasteiger partial charge in [0.2, 0.25) is 0 Å². The number of rotatable bonds is 3. The minimum absolute atomic E-state index is 0.275. The lowest BCUT2D eigenvalue weighted by Crippen LogP contribution is -2.37. The van der Waals surface area contributed by atoms with Gasteiger partial charge in [-0.15, -0.1) is 0 Å². The molecule has 5 nitrogen and oxygen atoms in total. The highest BCUT2D eigenvalue weighted by Crippen LogP contribution is 2.25. The number of pyridine rings is 1. The fourth-order valence-corrected chi connectivity index (χ4v) is 2.30. The minimum Gasteiger partial charge on any atom is -0.478 e. The van der Waals surface area contributed by atoms with E-state index in [1.165, 1.54) is 6.20 Å². The summed E-state index contributed by atoms with van der Waals surface area (Å²) in [5.41, 5.74) is 1.88. The molecular weight excluding hydrogens is 232 g/mol. The topological polar surface area (TPSA) is 62.7 Å². The standard InChI is InChI=1S/C13H18N2O3/c1-9-7-12(11(8-14-9)13(16)17)15-5-3-10(18-2)4-6-15/h7-8,10H,3-6H2,1-2H3,(H,16,17). The largest absolute Gasteiger partial charge is 0.478 e. The van der Waals surface area contributed by atoms with Crippen molar-refractivity contribution in [2.24, 2.45) is 0 Å². The normalized spacial score (nSPS) is 16.9. The second-order valence-corrected chi connectivity index (χ2v) is 4.57. The van der Waals surface area contributed by atoms with Gasteiger partial charge in [0.25, 0.3) is 0 Å². The number of carboxylic acids is 1. The Morgan fingerprint density at radius 2 is 2.17 bits per heavy atom. The van der Waals surface area contributed by atoms with Crippen molar-refractivity contribution >= 4 is 11.7 Å². The van der Waals surface area contributed by atoms with Crippen LogP contribution in [0.1, 0.15) is 28.9 Å². The fraction of sp³-hybridized carbons (Fsp3) is 0.538. The SMILES string of the molecule is COC1CCN(c2cc(C)ncc2C(=O)O)CC1. The van der Waals surface area contributed by atoms with E-state index < -0.39 is 5.97 Å². The van der Waals surface area contributed by atoms with Gasteiger partial charge in [-0.05, 0) is 25.8 Å². The third-order valence-electron chi connectivity index (χ3n) is 3.37. The van der Waals surface area contributed by atoms with Crippen LogP contribution in [0, 0.1) is 6.92 Å². The van der Waals surface area contributed by atoms with Gasteiger partial charge in [0, 0.05) is 32.1 Å². The van der Waals surface area contributed by atoms with Crippen molar-refractivity contribution in [3.05, 3.63) is 23.5 Å². The van der Waals surface area contributed by atoms with E-state index in [1.54, 1.807) is 7.11 Å². The van der Waals surface area contributed by atoms with E-state index in [-0.39, 0.29) is 11.7 Å². The zero-order valence-electron chi connectivity index (χ0n) is 10.7. The van der Waals surface area contributed by atoms with Gasteiger partial charge in [-0.3, -0.25) is 4.98 Å². The molecule has 1 aromatic rings. The molecule has 0 saturated carbocycles. The Labute approximate surface area is 106 Å². The Bertz CT molecular complexity index is 440. The second-order valence-electron chi connectivity index (χ2n) is 4.57. The number of nitrogens with zero attached hydrogens (tertiary/aromatic N) is 2. The molecule has 1 fully saturated rings. The molecule has 1 aromatic heterocycles. The first-order valence-electron chi connectivity index (χ1n) is 6.09. The monoisotopic (exact) mass is 250 g/mol. The maximum atomic E-state index is 11.2. The number of aromatic nitrogens is 1. The number of hydrogen-bond acceptors (Lipinski definition) is 4. The summed E-state index contributed by atoms with van der Waals surface area (Å²) in [6, 6.07) is 1.84. The van der Waals surface area contributed by atoms with Crippen LogP contribution in [0.5, 0.6) is 0 Å². The maximum absolute atomic E-state index is 11.2. The Balaban J connectivity index is 2.22. The van der Waals surface area contributed by atoms with Gasteiger partial charge in [-0.25, -0.2) is 4.79 Å². The molecule has 1 aliphatic heterocycles. The molecule has 0 radical (unpaired) electrons. The molecule has 98 valence electrons. The zero-order valence-corrected chi connectivity index (χ0v) is 10.7. The van der Waals surface area contributed by atoms with Gasteiger partial charge >= 0.3 is 5.97 Å². The fourth-order valence-electron chi connectivity index (χ4n) is 2.30. The minimum atomic E-state index is -0.925. The molecule has 2 rings (SSSR count). The van der Waals surface area contributed by atoms with E-state index in [0.29, 0.717) is 0 Å². The second kappa shape index (κ2) is 5.35. The van der Waals surface area contributed by atoms with Crippen LogP contribution in [0.25, 0.3) is 0 Å². The highest BCUT2D eigenvalue weighted by atomic mass is 16.5. The lowest BCUT2D eigenvalue weighted by molar-refractivity contribution is 0.0696. The van der Waals surface area contributed by atoms with Crippen LogP contribution in [-0.4, -0.2) is 42.4 Å². The van der Waals surface area contributed by atoms with Crippen molar-refractivity contribution in [3.8, 4) is 0 Å². The quantitative estimate of drug-likeness (QED) is 0.884. The predicted octanol–water partition coefficient (Wildman–Crippen LogP) is 1.70. The molecule has 0 atom stereocenters. The van der Waals surface area contributed by atoms with E-state index in [9.17, 15) is 9.90 Å². The van der Waals surface area contributed by atoms with Gasteiger partial charge in [-0.2, -0.15) is 0 Å². The van der Waals surface area contributed by atoms with E-state index in [4.69, 9.17) is 4.74 Å². The van der Waals surface area contributed by atoms with Crippen LogP contribution in [0.2, 0.25) is 0 Å². The summed E-state index contributed by atoms with van der Waals surface area (Å²) in [6.45, 7) is 3.52. The number of piperidine rings is 1. The summed E-state index contributed by atoms with van der Waals surface area (Å²) in [5.74, 6) is -0.925. The number of aromatic carboxylic acids is 1. The van der Waals surface area contributed by atoms with Crippen LogP contribution >= 0.6 is 0 Å². The maximum Gasteiger partial charge on any atom is 0.339 e. The summed E-state index contributed by atoms with van der Waals surface area (Å²) < 4.78 is 5.32. The summed E-state index contributed by atoms with van der Waals surface area (Å²) in [6.07, 6.45) is 3.58. The van der Waals surface area contributed by atoms with Crippen molar-refractivity contribution in [1.29, 1.82) is 0 Å². The van der Waals surface area contributed by atoms with E-state index in [1.807, 2.05) is 13.0 Å². The van der Waals surface area contributed by atoms with Gasteiger partial charge in [0.15, 0.2) is 0 Å². The van der Waals surface area contributed by atoms with Crippen molar-refractivity contribution < 1.29 is 14.6 Å². The predicted molar refractivity (Wildman–Crippen MR) is 68.2 cm³/mol. The molecule has 1 aliphatic rings. The molecule has 1 N–H and O–H groups in total. The van der Waals surface area contributed by atoms with E-state index in [0.717, 1.165) is 37.3 Å². The number of anilines is 1. The number of carboxylic acid groups (broad SMARTS) is 1. The van der Waals surface area contributed by atoms with Crippen LogP contribution < -0.4 is 4.90 Å². The first-order chi connectivity index (χ1) is 8.61. The van der Waals surface area contributed by atoms with Crippen molar-refractivity contribution in [2.45, 2.75) is 25.9 Å². The third-order valence-corrected chi connectivity index (χ3v) is 3.37. The smallest absolute Gasteiger partial charge is 0.339 e. The summed E-state index contributed by atoms with van der Waals surface area (Å²) in [5, 5.41) is 9.19. The number of methoxy groups -OCH3 is 1. The van der Waals surface area contributed by atoms with Crippen molar-refractivity contribution in [3.63, 3.8) is 0 Å².